The fourth-order valence-electron chi connectivity index (χ4n) is 3.31. The van der Waals surface area contributed by atoms with E-state index in [2.05, 4.69) is 18.4 Å². The summed E-state index contributed by atoms with van der Waals surface area (Å²) in [6, 6.07) is 8.06. The van der Waals surface area contributed by atoms with E-state index >= 15 is 0 Å². The summed E-state index contributed by atoms with van der Waals surface area (Å²) in [6.45, 7) is 2.78. The SMILES string of the molecule is CCOC1(C(Cc2ccccc2Cl)NN)CCCCC1. The molecule has 0 spiro atoms. The minimum atomic E-state index is -0.152. The van der Waals surface area contributed by atoms with Gasteiger partial charge in [0.2, 0.25) is 0 Å². The number of ether oxygens (including phenoxy) is 1. The molecule has 0 aliphatic heterocycles. The second kappa shape index (κ2) is 7.41. The maximum absolute atomic E-state index is 6.28. The number of benzene rings is 1. The van der Waals surface area contributed by atoms with E-state index in [1.165, 1.54) is 19.3 Å². The number of nitrogens with two attached hydrogens (primary N) is 1. The lowest BCUT2D eigenvalue weighted by molar-refractivity contribution is -0.0898. The van der Waals surface area contributed by atoms with Crippen LogP contribution in [-0.2, 0) is 11.2 Å². The summed E-state index contributed by atoms with van der Waals surface area (Å²) in [4.78, 5) is 0. The summed E-state index contributed by atoms with van der Waals surface area (Å²) in [7, 11) is 0. The molecular weight excluding hydrogens is 272 g/mol. The Balaban J connectivity index is 2.18. The van der Waals surface area contributed by atoms with Crippen molar-refractivity contribution in [1.29, 1.82) is 0 Å². The maximum Gasteiger partial charge on any atom is 0.0851 e. The highest BCUT2D eigenvalue weighted by molar-refractivity contribution is 6.31. The predicted molar refractivity (Wildman–Crippen MR) is 83.7 cm³/mol. The van der Waals surface area contributed by atoms with Gasteiger partial charge in [-0.05, 0) is 37.8 Å². The molecule has 112 valence electrons. The van der Waals surface area contributed by atoms with Crippen molar-refractivity contribution in [1.82, 2.24) is 5.43 Å². The Morgan fingerprint density at radius 1 is 1.30 bits per heavy atom. The molecule has 0 saturated heterocycles. The molecule has 0 heterocycles. The summed E-state index contributed by atoms with van der Waals surface area (Å²) >= 11 is 6.28. The second-order valence-electron chi connectivity index (χ2n) is 5.57. The van der Waals surface area contributed by atoms with Crippen LogP contribution in [0.15, 0.2) is 24.3 Å². The second-order valence-corrected chi connectivity index (χ2v) is 5.98. The normalized spacial score (nSPS) is 19.8. The highest BCUT2D eigenvalue weighted by Crippen LogP contribution is 2.36. The lowest BCUT2D eigenvalue weighted by Crippen LogP contribution is -2.57. The van der Waals surface area contributed by atoms with E-state index in [4.69, 9.17) is 22.2 Å². The van der Waals surface area contributed by atoms with Crippen LogP contribution in [0.2, 0.25) is 5.02 Å². The third kappa shape index (κ3) is 3.53. The predicted octanol–water partition coefficient (Wildman–Crippen LogP) is 3.45. The first-order valence-electron chi connectivity index (χ1n) is 7.55. The van der Waals surface area contributed by atoms with Crippen molar-refractivity contribution in [3.63, 3.8) is 0 Å². The van der Waals surface area contributed by atoms with Gasteiger partial charge in [-0.3, -0.25) is 11.3 Å². The topological polar surface area (TPSA) is 47.3 Å². The average molecular weight is 297 g/mol. The van der Waals surface area contributed by atoms with E-state index in [-0.39, 0.29) is 11.6 Å². The van der Waals surface area contributed by atoms with E-state index in [9.17, 15) is 0 Å². The summed E-state index contributed by atoms with van der Waals surface area (Å²) in [5.74, 6) is 5.84. The third-order valence-corrected chi connectivity index (χ3v) is 4.72. The van der Waals surface area contributed by atoms with E-state index in [0.29, 0.717) is 0 Å². The van der Waals surface area contributed by atoms with E-state index < -0.39 is 0 Å². The molecule has 3 nitrogen and oxygen atoms in total. The summed E-state index contributed by atoms with van der Waals surface area (Å²) in [5, 5.41) is 0.801. The van der Waals surface area contributed by atoms with Crippen LogP contribution in [0.1, 0.15) is 44.6 Å². The van der Waals surface area contributed by atoms with E-state index in [0.717, 1.165) is 36.5 Å². The van der Waals surface area contributed by atoms with Gasteiger partial charge < -0.3 is 4.74 Å². The van der Waals surface area contributed by atoms with Crippen LogP contribution in [0, 0.1) is 0 Å². The Morgan fingerprint density at radius 2 is 2.00 bits per heavy atom. The van der Waals surface area contributed by atoms with Gasteiger partial charge in [0.15, 0.2) is 0 Å². The zero-order valence-electron chi connectivity index (χ0n) is 12.2. The van der Waals surface area contributed by atoms with Gasteiger partial charge in [0, 0.05) is 11.6 Å². The molecular formula is C16H25ClN2O. The molecule has 1 saturated carbocycles. The maximum atomic E-state index is 6.28. The van der Waals surface area contributed by atoms with Gasteiger partial charge >= 0.3 is 0 Å². The van der Waals surface area contributed by atoms with Crippen LogP contribution in [-0.4, -0.2) is 18.2 Å². The molecule has 4 heteroatoms. The highest BCUT2D eigenvalue weighted by Gasteiger charge is 2.40. The first kappa shape index (κ1) is 15.8. The van der Waals surface area contributed by atoms with Crippen LogP contribution < -0.4 is 11.3 Å². The van der Waals surface area contributed by atoms with Crippen molar-refractivity contribution in [3.05, 3.63) is 34.9 Å². The Morgan fingerprint density at radius 3 is 2.60 bits per heavy atom. The molecule has 1 unspecified atom stereocenters. The first-order valence-corrected chi connectivity index (χ1v) is 7.93. The van der Waals surface area contributed by atoms with Gasteiger partial charge in [0.25, 0.3) is 0 Å². The van der Waals surface area contributed by atoms with Gasteiger partial charge in [-0.15, -0.1) is 0 Å². The fraction of sp³-hybridized carbons (Fsp3) is 0.625. The standard InChI is InChI=1S/C16H25ClN2O/c1-2-20-16(10-6-3-7-11-16)15(19-18)12-13-8-4-5-9-14(13)17/h4-5,8-9,15,19H,2-3,6-7,10-12,18H2,1H3. The van der Waals surface area contributed by atoms with Gasteiger partial charge in [0.05, 0.1) is 11.6 Å². The number of nitrogens with one attached hydrogen (secondary N) is 1. The first-order chi connectivity index (χ1) is 9.72. The van der Waals surface area contributed by atoms with Gasteiger partial charge in [-0.1, -0.05) is 49.1 Å². The van der Waals surface area contributed by atoms with Crippen LogP contribution in [0.4, 0.5) is 0 Å². The van der Waals surface area contributed by atoms with Crippen molar-refractivity contribution in [2.75, 3.05) is 6.61 Å². The molecule has 0 radical (unpaired) electrons. The minimum Gasteiger partial charge on any atom is -0.374 e. The largest absolute Gasteiger partial charge is 0.374 e. The number of halogens is 1. The molecule has 2 rings (SSSR count). The molecule has 1 aromatic carbocycles. The molecule has 1 aliphatic carbocycles. The van der Waals surface area contributed by atoms with Crippen LogP contribution in [0.3, 0.4) is 0 Å². The Labute approximate surface area is 126 Å². The summed E-state index contributed by atoms with van der Waals surface area (Å²) in [5.41, 5.74) is 3.96. The molecule has 0 aromatic heterocycles. The summed E-state index contributed by atoms with van der Waals surface area (Å²) < 4.78 is 6.15. The molecule has 1 fully saturated rings. The van der Waals surface area contributed by atoms with E-state index in [1.54, 1.807) is 0 Å². The van der Waals surface area contributed by atoms with Crippen molar-refractivity contribution in [2.24, 2.45) is 5.84 Å². The zero-order valence-corrected chi connectivity index (χ0v) is 13.0. The Kier molecular flexibility index (Phi) is 5.85. The molecule has 0 amide bonds. The number of hydrogen-bond acceptors (Lipinski definition) is 3. The number of hydrazine groups is 1. The average Bonchev–Trinajstić information content (AvgIpc) is 2.47. The van der Waals surface area contributed by atoms with E-state index in [1.807, 2.05) is 18.2 Å². The van der Waals surface area contributed by atoms with Crippen molar-refractivity contribution >= 4 is 11.6 Å². The van der Waals surface area contributed by atoms with Gasteiger partial charge in [-0.2, -0.15) is 0 Å². The van der Waals surface area contributed by atoms with Crippen LogP contribution >= 0.6 is 11.6 Å². The quantitative estimate of drug-likeness (QED) is 0.624. The molecule has 1 aliphatic rings. The smallest absolute Gasteiger partial charge is 0.0851 e. The number of hydrogen-bond donors (Lipinski definition) is 2. The monoisotopic (exact) mass is 296 g/mol. The van der Waals surface area contributed by atoms with Gasteiger partial charge in [0.1, 0.15) is 0 Å². The van der Waals surface area contributed by atoms with Crippen molar-refractivity contribution in [2.45, 2.75) is 57.1 Å². The Hall–Kier alpha value is -0.610. The lowest BCUT2D eigenvalue weighted by atomic mass is 9.77. The van der Waals surface area contributed by atoms with Gasteiger partial charge in [-0.25, -0.2) is 0 Å². The van der Waals surface area contributed by atoms with Crippen molar-refractivity contribution in [3.8, 4) is 0 Å². The van der Waals surface area contributed by atoms with Crippen molar-refractivity contribution < 1.29 is 4.74 Å². The zero-order chi connectivity index (χ0) is 14.4. The van der Waals surface area contributed by atoms with Crippen LogP contribution in [0.5, 0.6) is 0 Å². The highest BCUT2D eigenvalue weighted by atomic mass is 35.5. The molecule has 3 N–H and O–H groups in total. The molecule has 20 heavy (non-hydrogen) atoms. The molecule has 1 atom stereocenters. The summed E-state index contributed by atoms with van der Waals surface area (Å²) in [6.07, 6.45) is 6.65. The Bertz CT molecular complexity index is 413. The molecule has 1 aromatic rings. The fourth-order valence-corrected chi connectivity index (χ4v) is 3.52. The third-order valence-electron chi connectivity index (χ3n) is 4.35. The lowest BCUT2D eigenvalue weighted by Gasteiger charge is -2.43. The number of rotatable bonds is 6. The molecule has 0 bridgehead atoms. The van der Waals surface area contributed by atoms with Crippen LogP contribution in [0.25, 0.3) is 0 Å². The minimum absolute atomic E-state index is 0.0997.